The largest absolute Gasteiger partial charge is 0.384 e. The van der Waals surface area contributed by atoms with Crippen LogP contribution in [0.3, 0.4) is 0 Å². The average Bonchev–Trinajstić information content (AvgIpc) is 2.58. The number of hydrogen-bond donors (Lipinski definition) is 0. The summed E-state index contributed by atoms with van der Waals surface area (Å²) in [6, 6.07) is 0.0669. The van der Waals surface area contributed by atoms with Crippen LogP contribution in [0, 0.1) is 5.92 Å². The minimum absolute atomic E-state index is 0.0669. The average molecular weight is 228 g/mol. The number of carbonyl (C=O) groups excluding carboxylic acids is 1. The molecule has 2 aliphatic rings. The van der Waals surface area contributed by atoms with E-state index in [1.54, 1.807) is 26.1 Å². The molecule has 0 saturated carbocycles. The Morgan fingerprint density at radius 3 is 2.81 bits per heavy atom. The third kappa shape index (κ3) is 1.78. The van der Waals surface area contributed by atoms with Crippen molar-refractivity contribution in [1.82, 2.24) is 9.80 Å². The molecule has 92 valence electrons. The second-order valence-corrected chi connectivity index (χ2v) is 4.89. The Labute approximate surface area is 96.3 Å². The normalized spacial score (nSPS) is 26.9. The van der Waals surface area contributed by atoms with E-state index >= 15 is 0 Å². The summed E-state index contributed by atoms with van der Waals surface area (Å²) in [4.78, 5) is 15.1. The first-order valence-electron chi connectivity index (χ1n) is 5.68. The third-order valence-corrected chi connectivity index (χ3v) is 3.54. The van der Waals surface area contributed by atoms with Crippen LogP contribution in [-0.2, 0) is 9.47 Å². The molecule has 0 radical (unpaired) electrons. The lowest BCUT2D eigenvalue weighted by atomic mass is 9.81. The van der Waals surface area contributed by atoms with E-state index in [2.05, 4.69) is 0 Å². The Balaban J connectivity index is 1.92. The van der Waals surface area contributed by atoms with Gasteiger partial charge in [-0.25, -0.2) is 4.79 Å². The molecule has 2 heterocycles. The summed E-state index contributed by atoms with van der Waals surface area (Å²) in [6.07, 6.45) is 1.04. The molecular formula is C11H20N2O3. The van der Waals surface area contributed by atoms with Crippen LogP contribution in [0.15, 0.2) is 0 Å². The summed E-state index contributed by atoms with van der Waals surface area (Å²) in [7, 11) is 5.26. The number of likely N-dealkylation sites (tertiary alicyclic amines) is 1. The number of methoxy groups -OCH3 is 1. The van der Waals surface area contributed by atoms with Crippen molar-refractivity contribution in [3.8, 4) is 0 Å². The number of hydrogen-bond acceptors (Lipinski definition) is 3. The van der Waals surface area contributed by atoms with Gasteiger partial charge in [-0.1, -0.05) is 0 Å². The maximum absolute atomic E-state index is 11.7. The highest BCUT2D eigenvalue weighted by Gasteiger charge is 2.54. The zero-order valence-electron chi connectivity index (χ0n) is 10.2. The highest BCUT2D eigenvalue weighted by atomic mass is 16.5. The van der Waals surface area contributed by atoms with Gasteiger partial charge in [-0.05, 0) is 6.42 Å². The van der Waals surface area contributed by atoms with Gasteiger partial charge in [-0.15, -0.1) is 0 Å². The Hall–Kier alpha value is -0.810. The molecule has 2 amide bonds. The van der Waals surface area contributed by atoms with E-state index in [0.717, 1.165) is 19.6 Å². The van der Waals surface area contributed by atoms with Gasteiger partial charge in [0, 0.05) is 33.7 Å². The van der Waals surface area contributed by atoms with Crippen molar-refractivity contribution in [2.24, 2.45) is 5.92 Å². The van der Waals surface area contributed by atoms with Crippen molar-refractivity contribution in [3.05, 3.63) is 0 Å². The molecule has 0 aliphatic carbocycles. The predicted octanol–water partition coefficient (Wildman–Crippen LogP) is 0.405. The second-order valence-electron chi connectivity index (χ2n) is 4.89. The lowest BCUT2D eigenvalue weighted by molar-refractivity contribution is -0.125. The molecule has 1 spiro atoms. The summed E-state index contributed by atoms with van der Waals surface area (Å²) in [5, 5.41) is 0. The lowest BCUT2D eigenvalue weighted by Gasteiger charge is -2.50. The van der Waals surface area contributed by atoms with Crippen LogP contribution >= 0.6 is 0 Å². The third-order valence-electron chi connectivity index (χ3n) is 3.54. The first kappa shape index (κ1) is 11.7. The zero-order chi connectivity index (χ0) is 11.8. The number of rotatable bonds is 2. The standard InChI is InChI=1S/C11H20N2O3/c1-12(2)10(14)13-7-11(8-13)9(6-15-3)4-5-16-11/h9H,4-8H2,1-3H3. The Morgan fingerprint density at radius 1 is 1.56 bits per heavy atom. The van der Waals surface area contributed by atoms with Crippen LogP contribution in [-0.4, -0.2) is 68.9 Å². The van der Waals surface area contributed by atoms with Crippen LogP contribution in [0.4, 0.5) is 4.79 Å². The number of amides is 2. The van der Waals surface area contributed by atoms with Crippen molar-refractivity contribution in [3.63, 3.8) is 0 Å². The molecule has 1 atom stereocenters. The summed E-state index contributed by atoms with van der Waals surface area (Å²) >= 11 is 0. The van der Waals surface area contributed by atoms with Gasteiger partial charge in [0.2, 0.25) is 0 Å². The van der Waals surface area contributed by atoms with E-state index in [9.17, 15) is 4.79 Å². The van der Waals surface area contributed by atoms with Crippen molar-refractivity contribution in [1.29, 1.82) is 0 Å². The Morgan fingerprint density at radius 2 is 2.25 bits per heavy atom. The van der Waals surface area contributed by atoms with Crippen molar-refractivity contribution >= 4 is 6.03 Å². The van der Waals surface area contributed by atoms with Crippen molar-refractivity contribution < 1.29 is 14.3 Å². The first-order chi connectivity index (χ1) is 7.59. The molecule has 0 bridgehead atoms. The SMILES string of the molecule is COCC1CCOC12CN(C(=O)N(C)C)C2. The maximum atomic E-state index is 11.7. The quantitative estimate of drug-likeness (QED) is 0.687. The van der Waals surface area contributed by atoms with E-state index < -0.39 is 0 Å². The molecule has 1 unspecified atom stereocenters. The molecule has 0 aromatic carbocycles. The van der Waals surface area contributed by atoms with Crippen LogP contribution in [0.5, 0.6) is 0 Å². The Kier molecular flexibility index (Phi) is 3.08. The molecule has 2 saturated heterocycles. The first-order valence-corrected chi connectivity index (χ1v) is 5.68. The monoisotopic (exact) mass is 228 g/mol. The number of carbonyl (C=O) groups is 1. The topological polar surface area (TPSA) is 42.0 Å². The van der Waals surface area contributed by atoms with Gasteiger partial charge in [0.05, 0.1) is 19.7 Å². The van der Waals surface area contributed by atoms with Gasteiger partial charge in [-0.3, -0.25) is 0 Å². The minimum atomic E-state index is -0.123. The summed E-state index contributed by atoms with van der Waals surface area (Å²) in [5.74, 6) is 0.434. The molecule has 0 aromatic rings. The van der Waals surface area contributed by atoms with Gasteiger partial charge >= 0.3 is 6.03 Å². The van der Waals surface area contributed by atoms with Gasteiger partial charge in [0.15, 0.2) is 0 Å². The van der Waals surface area contributed by atoms with E-state index in [4.69, 9.17) is 9.47 Å². The van der Waals surface area contributed by atoms with E-state index in [1.807, 2.05) is 4.90 Å². The lowest BCUT2D eigenvalue weighted by Crippen LogP contribution is -2.67. The highest BCUT2D eigenvalue weighted by Crippen LogP contribution is 2.40. The van der Waals surface area contributed by atoms with E-state index in [-0.39, 0.29) is 11.6 Å². The smallest absolute Gasteiger partial charge is 0.319 e. The summed E-state index contributed by atoms with van der Waals surface area (Å²) in [5.41, 5.74) is -0.123. The van der Waals surface area contributed by atoms with Crippen LogP contribution in [0.1, 0.15) is 6.42 Å². The fraction of sp³-hybridized carbons (Fsp3) is 0.909. The highest BCUT2D eigenvalue weighted by molar-refractivity contribution is 5.75. The van der Waals surface area contributed by atoms with E-state index in [0.29, 0.717) is 19.0 Å². The predicted molar refractivity (Wildman–Crippen MR) is 59.3 cm³/mol. The fourth-order valence-electron chi connectivity index (χ4n) is 2.59. The number of urea groups is 1. The van der Waals surface area contributed by atoms with E-state index in [1.165, 1.54) is 0 Å². The van der Waals surface area contributed by atoms with Crippen LogP contribution < -0.4 is 0 Å². The molecule has 16 heavy (non-hydrogen) atoms. The Bertz CT molecular complexity index is 274. The van der Waals surface area contributed by atoms with Crippen molar-refractivity contribution in [2.45, 2.75) is 12.0 Å². The van der Waals surface area contributed by atoms with Gasteiger partial charge in [-0.2, -0.15) is 0 Å². The van der Waals surface area contributed by atoms with Crippen LogP contribution in [0.25, 0.3) is 0 Å². The molecule has 0 N–H and O–H groups in total. The van der Waals surface area contributed by atoms with Gasteiger partial charge in [0.25, 0.3) is 0 Å². The minimum Gasteiger partial charge on any atom is -0.384 e. The molecule has 5 nitrogen and oxygen atoms in total. The summed E-state index contributed by atoms with van der Waals surface area (Å²) < 4.78 is 11.0. The molecule has 2 rings (SSSR count). The molecular weight excluding hydrogens is 208 g/mol. The van der Waals surface area contributed by atoms with Crippen LogP contribution in [0.2, 0.25) is 0 Å². The molecule has 0 aromatic heterocycles. The molecule has 2 fully saturated rings. The van der Waals surface area contributed by atoms with Gasteiger partial charge in [0.1, 0.15) is 5.60 Å². The summed E-state index contributed by atoms with van der Waals surface area (Å²) in [6.45, 7) is 2.93. The van der Waals surface area contributed by atoms with Gasteiger partial charge < -0.3 is 19.3 Å². The second kappa shape index (κ2) is 4.22. The van der Waals surface area contributed by atoms with Crippen molar-refractivity contribution in [2.75, 3.05) is 47.5 Å². The zero-order valence-corrected chi connectivity index (χ0v) is 10.2. The fourth-order valence-corrected chi connectivity index (χ4v) is 2.59. The molecule has 2 aliphatic heterocycles. The maximum Gasteiger partial charge on any atom is 0.319 e. The number of ether oxygens (including phenoxy) is 2. The number of nitrogens with zero attached hydrogens (tertiary/aromatic N) is 2. The molecule has 5 heteroatoms.